The molecule has 1 heterocycles. The number of aryl methyl sites for hydroxylation is 1. The van der Waals surface area contributed by atoms with Gasteiger partial charge in [0.05, 0.1) is 7.11 Å². The number of rotatable bonds is 4. The number of ketones is 1. The molecule has 1 aromatic heterocycles. The zero-order valence-corrected chi connectivity index (χ0v) is 14.2. The van der Waals surface area contributed by atoms with Crippen molar-refractivity contribution in [2.75, 3.05) is 7.11 Å². The minimum atomic E-state index is 0.0323. The Kier molecular flexibility index (Phi) is 4.30. The van der Waals surface area contributed by atoms with E-state index in [0.29, 0.717) is 5.56 Å². The number of ether oxygens (including phenoxy) is 1. The van der Waals surface area contributed by atoms with Gasteiger partial charge >= 0.3 is 0 Å². The van der Waals surface area contributed by atoms with E-state index in [2.05, 4.69) is 12.1 Å². The highest BCUT2D eigenvalue weighted by Gasteiger charge is 2.15. The minimum absolute atomic E-state index is 0.0323. The number of benzene rings is 2. The highest BCUT2D eigenvalue weighted by molar-refractivity contribution is 7.13. The van der Waals surface area contributed by atoms with Crippen LogP contribution in [0.5, 0.6) is 5.75 Å². The molecule has 0 saturated heterocycles. The number of hydrogen-bond donors (Lipinski definition) is 0. The monoisotopic (exact) mass is 322 g/mol. The first kappa shape index (κ1) is 15.5. The first-order valence-electron chi connectivity index (χ1n) is 7.44. The van der Waals surface area contributed by atoms with E-state index in [0.717, 1.165) is 32.9 Å². The SMILES string of the molecule is COc1cc(C(=O)c2csc(-c3ccccc3)c2)cc(C)c1C. The van der Waals surface area contributed by atoms with Crippen LogP contribution in [0.4, 0.5) is 0 Å². The van der Waals surface area contributed by atoms with E-state index in [-0.39, 0.29) is 5.78 Å². The van der Waals surface area contributed by atoms with Crippen LogP contribution in [-0.4, -0.2) is 12.9 Å². The molecule has 0 bridgehead atoms. The van der Waals surface area contributed by atoms with Gasteiger partial charge in [-0.1, -0.05) is 30.3 Å². The average Bonchev–Trinajstić information content (AvgIpc) is 3.07. The van der Waals surface area contributed by atoms with Gasteiger partial charge in [-0.2, -0.15) is 0 Å². The summed E-state index contributed by atoms with van der Waals surface area (Å²) < 4.78 is 5.38. The molecule has 23 heavy (non-hydrogen) atoms. The minimum Gasteiger partial charge on any atom is -0.496 e. The Morgan fingerprint density at radius 1 is 1.00 bits per heavy atom. The summed E-state index contributed by atoms with van der Waals surface area (Å²) in [4.78, 5) is 13.9. The van der Waals surface area contributed by atoms with Crippen molar-refractivity contribution in [2.45, 2.75) is 13.8 Å². The van der Waals surface area contributed by atoms with Gasteiger partial charge in [0.2, 0.25) is 0 Å². The summed E-state index contributed by atoms with van der Waals surface area (Å²) in [5.74, 6) is 0.789. The summed E-state index contributed by atoms with van der Waals surface area (Å²) in [7, 11) is 1.63. The zero-order chi connectivity index (χ0) is 16.4. The van der Waals surface area contributed by atoms with Gasteiger partial charge in [0.15, 0.2) is 5.78 Å². The van der Waals surface area contributed by atoms with Crippen molar-refractivity contribution in [2.24, 2.45) is 0 Å². The lowest BCUT2D eigenvalue weighted by Gasteiger charge is -2.10. The van der Waals surface area contributed by atoms with Crippen LogP contribution in [-0.2, 0) is 0 Å². The molecule has 0 aliphatic rings. The molecule has 0 aliphatic heterocycles. The molecule has 0 atom stereocenters. The lowest BCUT2D eigenvalue weighted by atomic mass is 9.99. The van der Waals surface area contributed by atoms with Gasteiger partial charge in [0.1, 0.15) is 5.75 Å². The Bertz CT molecular complexity index is 847. The summed E-state index contributed by atoms with van der Waals surface area (Å²) in [6.45, 7) is 4.00. The third kappa shape index (κ3) is 3.06. The zero-order valence-electron chi connectivity index (χ0n) is 13.4. The summed E-state index contributed by atoms with van der Waals surface area (Å²) in [6.07, 6.45) is 0. The maximum Gasteiger partial charge on any atom is 0.194 e. The van der Waals surface area contributed by atoms with Crippen LogP contribution in [0.25, 0.3) is 10.4 Å². The number of hydrogen-bond acceptors (Lipinski definition) is 3. The molecule has 0 spiro atoms. The molecular formula is C20H18O2S. The molecule has 116 valence electrons. The van der Waals surface area contributed by atoms with Crippen LogP contribution in [0.15, 0.2) is 53.9 Å². The maximum atomic E-state index is 12.8. The molecule has 0 amide bonds. The van der Waals surface area contributed by atoms with Crippen molar-refractivity contribution in [1.82, 2.24) is 0 Å². The van der Waals surface area contributed by atoms with Crippen molar-refractivity contribution in [3.8, 4) is 16.2 Å². The topological polar surface area (TPSA) is 26.3 Å². The van der Waals surface area contributed by atoms with Gasteiger partial charge < -0.3 is 4.74 Å². The van der Waals surface area contributed by atoms with Crippen LogP contribution in [0, 0.1) is 13.8 Å². The molecule has 0 N–H and O–H groups in total. The quantitative estimate of drug-likeness (QED) is 0.612. The van der Waals surface area contributed by atoms with Crippen LogP contribution in [0.1, 0.15) is 27.0 Å². The van der Waals surface area contributed by atoms with E-state index in [1.54, 1.807) is 18.4 Å². The van der Waals surface area contributed by atoms with Crippen LogP contribution < -0.4 is 4.74 Å². The molecular weight excluding hydrogens is 304 g/mol. The van der Waals surface area contributed by atoms with Crippen LogP contribution in [0.3, 0.4) is 0 Å². The average molecular weight is 322 g/mol. The largest absolute Gasteiger partial charge is 0.496 e. The molecule has 0 fully saturated rings. The number of carbonyl (C=O) groups is 1. The fourth-order valence-corrected chi connectivity index (χ4v) is 3.44. The summed E-state index contributed by atoms with van der Waals surface area (Å²) in [5, 5.41) is 1.92. The van der Waals surface area contributed by atoms with E-state index < -0.39 is 0 Å². The van der Waals surface area contributed by atoms with Gasteiger partial charge in [-0.05, 0) is 48.7 Å². The molecule has 2 nitrogen and oxygen atoms in total. The summed E-state index contributed by atoms with van der Waals surface area (Å²) in [6, 6.07) is 15.8. The van der Waals surface area contributed by atoms with Crippen molar-refractivity contribution in [3.05, 3.63) is 76.2 Å². The predicted octanol–water partition coefficient (Wildman–Crippen LogP) is 5.27. The molecule has 3 aromatic rings. The Labute approximate surface area is 140 Å². The van der Waals surface area contributed by atoms with E-state index in [1.165, 1.54) is 0 Å². The maximum absolute atomic E-state index is 12.8. The second-order valence-electron chi connectivity index (χ2n) is 5.52. The molecule has 3 rings (SSSR count). The Hall–Kier alpha value is -2.39. The molecule has 2 aromatic carbocycles. The first-order chi connectivity index (χ1) is 11.1. The molecule has 0 aliphatic carbocycles. The van der Waals surface area contributed by atoms with E-state index in [1.807, 2.05) is 55.6 Å². The lowest BCUT2D eigenvalue weighted by Crippen LogP contribution is -2.02. The fraction of sp³-hybridized carbons (Fsp3) is 0.150. The molecule has 0 saturated carbocycles. The third-order valence-electron chi connectivity index (χ3n) is 4.02. The fourth-order valence-electron chi connectivity index (χ4n) is 2.55. The van der Waals surface area contributed by atoms with Gasteiger partial charge in [-0.25, -0.2) is 0 Å². The number of thiophene rings is 1. The number of methoxy groups -OCH3 is 1. The second kappa shape index (κ2) is 6.39. The van der Waals surface area contributed by atoms with Gasteiger partial charge in [0.25, 0.3) is 0 Å². The Balaban J connectivity index is 1.96. The van der Waals surface area contributed by atoms with Crippen LogP contribution >= 0.6 is 11.3 Å². The highest BCUT2D eigenvalue weighted by Crippen LogP contribution is 2.30. The van der Waals surface area contributed by atoms with Crippen molar-refractivity contribution < 1.29 is 9.53 Å². The van der Waals surface area contributed by atoms with Crippen molar-refractivity contribution in [3.63, 3.8) is 0 Å². The predicted molar refractivity (Wildman–Crippen MR) is 95.7 cm³/mol. The molecule has 0 radical (unpaired) electrons. The van der Waals surface area contributed by atoms with Crippen molar-refractivity contribution in [1.29, 1.82) is 0 Å². The standard InChI is InChI=1S/C20H18O2S/c1-13-9-16(10-18(22-3)14(13)2)20(21)17-11-19(23-12-17)15-7-5-4-6-8-15/h4-12H,1-3H3. The van der Waals surface area contributed by atoms with E-state index >= 15 is 0 Å². The van der Waals surface area contributed by atoms with Crippen LogP contribution in [0.2, 0.25) is 0 Å². The Morgan fingerprint density at radius 2 is 1.74 bits per heavy atom. The summed E-state index contributed by atoms with van der Waals surface area (Å²) >= 11 is 1.59. The molecule has 0 unspecified atom stereocenters. The number of carbonyl (C=O) groups excluding carboxylic acids is 1. The van der Waals surface area contributed by atoms with E-state index in [9.17, 15) is 4.79 Å². The molecule has 3 heteroatoms. The van der Waals surface area contributed by atoms with Gasteiger partial charge in [-0.3, -0.25) is 4.79 Å². The first-order valence-corrected chi connectivity index (χ1v) is 8.32. The van der Waals surface area contributed by atoms with Gasteiger partial charge in [-0.15, -0.1) is 11.3 Å². The normalized spacial score (nSPS) is 10.6. The second-order valence-corrected chi connectivity index (χ2v) is 6.43. The lowest BCUT2D eigenvalue weighted by molar-refractivity contribution is 0.103. The summed E-state index contributed by atoms with van der Waals surface area (Å²) in [5.41, 5.74) is 4.65. The Morgan fingerprint density at radius 3 is 2.43 bits per heavy atom. The van der Waals surface area contributed by atoms with Gasteiger partial charge in [0, 0.05) is 21.4 Å². The van der Waals surface area contributed by atoms with Crippen molar-refractivity contribution >= 4 is 17.1 Å². The van der Waals surface area contributed by atoms with E-state index in [4.69, 9.17) is 4.74 Å². The highest BCUT2D eigenvalue weighted by atomic mass is 32.1. The third-order valence-corrected chi connectivity index (χ3v) is 5.00. The smallest absolute Gasteiger partial charge is 0.194 e.